The summed E-state index contributed by atoms with van der Waals surface area (Å²) in [4.78, 5) is 2.17. The summed E-state index contributed by atoms with van der Waals surface area (Å²) in [5, 5.41) is 2.42. The number of likely N-dealkylation sites (N-methyl/N-ethyl adjacent to an activating group) is 1. The molecule has 0 atom stereocenters. The molecule has 1 heterocycles. The van der Waals surface area contributed by atoms with Gasteiger partial charge in [-0.2, -0.15) is 0 Å². The number of hydrogen-bond acceptors (Lipinski definition) is 2. The van der Waals surface area contributed by atoms with Crippen LogP contribution in [0.5, 0.6) is 5.75 Å². The molecule has 2 nitrogen and oxygen atoms in total. The van der Waals surface area contributed by atoms with E-state index in [9.17, 15) is 0 Å². The van der Waals surface area contributed by atoms with Crippen molar-refractivity contribution in [3.8, 4) is 39.1 Å². The van der Waals surface area contributed by atoms with E-state index in [1.807, 2.05) is 12.1 Å². The van der Waals surface area contributed by atoms with Crippen LogP contribution < -0.4 is 9.64 Å². The van der Waals surface area contributed by atoms with Gasteiger partial charge >= 0.3 is 0 Å². The van der Waals surface area contributed by atoms with Crippen molar-refractivity contribution in [2.45, 2.75) is 27.4 Å². The van der Waals surface area contributed by atoms with Crippen molar-refractivity contribution in [3.63, 3.8) is 0 Å². The van der Waals surface area contributed by atoms with E-state index in [-0.39, 0.29) is 0 Å². The first-order valence-corrected chi connectivity index (χ1v) is 20.3. The van der Waals surface area contributed by atoms with E-state index in [0.29, 0.717) is 6.61 Å². The molecule has 0 amide bonds. The zero-order valence-corrected chi connectivity index (χ0v) is 34.3. The summed E-state index contributed by atoms with van der Waals surface area (Å²) in [5.74, 6) is 0.922. The van der Waals surface area contributed by atoms with Crippen molar-refractivity contribution in [3.05, 3.63) is 240 Å². The molecule has 0 fully saturated rings. The lowest BCUT2D eigenvalue weighted by Crippen LogP contribution is -2.14. The fraction of sp³-hybridized carbons (Fsp3) is 0.0877. The van der Waals surface area contributed by atoms with E-state index in [2.05, 4.69) is 227 Å². The largest absolute Gasteiger partial charge is 0.488 e. The highest BCUT2D eigenvalue weighted by atomic mass is 16.5. The first-order valence-electron chi connectivity index (χ1n) is 20.3. The SMILES string of the molecule is C=C(/C=C\C(=C(/C)c1ccc(C)c(-c2ccccc2C)c1)c1ccc2c(c1)-c1ccccc1CO2)N(C)c1cccc2ccccc12.c1ccc(-c2ccccc2)cc1. The number of anilines is 1. The van der Waals surface area contributed by atoms with Crippen molar-refractivity contribution in [2.24, 2.45) is 0 Å². The number of hydrogen-bond donors (Lipinski definition) is 0. The lowest BCUT2D eigenvalue weighted by Gasteiger charge is -2.23. The van der Waals surface area contributed by atoms with Crippen LogP contribution >= 0.6 is 0 Å². The van der Waals surface area contributed by atoms with Gasteiger partial charge in [-0.25, -0.2) is 0 Å². The Kier molecular flexibility index (Phi) is 11.5. The van der Waals surface area contributed by atoms with E-state index < -0.39 is 0 Å². The van der Waals surface area contributed by atoms with E-state index in [4.69, 9.17) is 4.74 Å². The maximum atomic E-state index is 6.18. The second-order valence-electron chi connectivity index (χ2n) is 15.2. The molecule has 0 spiro atoms. The Hall–Kier alpha value is -7.16. The van der Waals surface area contributed by atoms with Gasteiger partial charge in [0, 0.05) is 29.4 Å². The average molecular weight is 764 g/mol. The molecule has 0 aromatic heterocycles. The molecule has 0 aliphatic carbocycles. The van der Waals surface area contributed by atoms with Gasteiger partial charge in [-0.1, -0.05) is 176 Å². The van der Waals surface area contributed by atoms with Crippen molar-refractivity contribution >= 4 is 27.6 Å². The smallest absolute Gasteiger partial charge is 0.127 e. The Balaban J connectivity index is 0.000000344. The van der Waals surface area contributed by atoms with Gasteiger partial charge in [0.05, 0.1) is 0 Å². The Morgan fingerprint density at radius 1 is 0.542 bits per heavy atom. The van der Waals surface area contributed by atoms with E-state index >= 15 is 0 Å². The van der Waals surface area contributed by atoms with Gasteiger partial charge in [-0.3, -0.25) is 0 Å². The number of allylic oxidation sites excluding steroid dienone is 4. The Morgan fingerprint density at radius 3 is 1.88 bits per heavy atom. The molecule has 8 aromatic rings. The molecular weight excluding hydrogens is 715 g/mol. The van der Waals surface area contributed by atoms with Gasteiger partial charge < -0.3 is 9.64 Å². The molecule has 1 aliphatic rings. The maximum Gasteiger partial charge on any atom is 0.127 e. The quantitative estimate of drug-likeness (QED) is 0.113. The molecule has 2 heteroatoms. The van der Waals surface area contributed by atoms with Crippen LogP contribution in [0.25, 0.3) is 55.3 Å². The lowest BCUT2D eigenvalue weighted by molar-refractivity contribution is 0.302. The minimum atomic E-state index is 0.593. The Labute approximate surface area is 349 Å². The van der Waals surface area contributed by atoms with Gasteiger partial charge in [-0.05, 0) is 123 Å². The van der Waals surface area contributed by atoms with Crippen LogP contribution in [0, 0.1) is 13.8 Å². The second-order valence-corrected chi connectivity index (χ2v) is 15.2. The lowest BCUT2D eigenvalue weighted by atomic mass is 9.88. The first kappa shape index (κ1) is 38.7. The summed E-state index contributed by atoms with van der Waals surface area (Å²) in [7, 11) is 2.09. The summed E-state index contributed by atoms with van der Waals surface area (Å²) >= 11 is 0. The molecule has 288 valence electrons. The fourth-order valence-electron chi connectivity index (χ4n) is 7.92. The molecule has 0 saturated carbocycles. The van der Waals surface area contributed by atoms with Gasteiger partial charge in [0.15, 0.2) is 0 Å². The molecule has 9 rings (SSSR count). The molecule has 0 unspecified atom stereocenters. The predicted octanol–water partition coefficient (Wildman–Crippen LogP) is 15.2. The standard InChI is InChI=1S/C45H39NO.C12H10/c1-30-13-6-9-17-38(30)42-27-35(23-21-31(42)2)33(4)39(36-24-26-45-43(28-36)40-18-10-8-15-37(40)29-47-45)25-22-32(3)46(5)44-20-12-16-34-14-7-11-19-41(34)44;1-3-7-11(8-4-1)12-9-5-2-6-10-12/h6-28H,3,29H2,1-2,4-5H3;1-10H/b25-22-,39-33-;. The number of nitrogens with zero attached hydrogens (tertiary/aromatic N) is 1. The minimum Gasteiger partial charge on any atom is -0.488 e. The summed E-state index contributed by atoms with van der Waals surface area (Å²) in [5.41, 5.74) is 17.9. The molecule has 8 aromatic carbocycles. The predicted molar refractivity (Wildman–Crippen MR) is 253 cm³/mol. The zero-order chi connectivity index (χ0) is 40.7. The number of rotatable bonds is 8. The topological polar surface area (TPSA) is 12.5 Å². The third-order valence-electron chi connectivity index (χ3n) is 11.4. The van der Waals surface area contributed by atoms with Gasteiger partial charge in [-0.15, -0.1) is 0 Å². The third kappa shape index (κ3) is 8.44. The number of ether oxygens (including phenoxy) is 1. The van der Waals surface area contributed by atoms with E-state index in [1.165, 1.54) is 66.4 Å². The van der Waals surface area contributed by atoms with Crippen LogP contribution in [0.4, 0.5) is 5.69 Å². The summed E-state index contributed by atoms with van der Waals surface area (Å²) in [6, 6.07) is 66.3. The van der Waals surface area contributed by atoms with Crippen LogP contribution in [0.1, 0.15) is 34.7 Å². The van der Waals surface area contributed by atoms with Crippen molar-refractivity contribution in [1.82, 2.24) is 0 Å². The van der Waals surface area contributed by atoms with Crippen LogP contribution in [0.15, 0.2) is 212 Å². The van der Waals surface area contributed by atoms with E-state index in [1.54, 1.807) is 0 Å². The summed E-state index contributed by atoms with van der Waals surface area (Å²) in [6.45, 7) is 11.7. The number of fused-ring (bicyclic) bond motifs is 4. The highest BCUT2D eigenvalue weighted by molar-refractivity contribution is 5.98. The molecular formula is C57H49NO. The van der Waals surface area contributed by atoms with Crippen molar-refractivity contribution in [2.75, 3.05) is 11.9 Å². The Morgan fingerprint density at radius 2 is 1.14 bits per heavy atom. The van der Waals surface area contributed by atoms with Crippen LogP contribution in [0.2, 0.25) is 0 Å². The monoisotopic (exact) mass is 763 g/mol. The number of aryl methyl sites for hydroxylation is 2. The molecule has 59 heavy (non-hydrogen) atoms. The van der Waals surface area contributed by atoms with Crippen LogP contribution in [-0.4, -0.2) is 7.05 Å². The summed E-state index contributed by atoms with van der Waals surface area (Å²) in [6.07, 6.45) is 4.37. The molecule has 0 bridgehead atoms. The zero-order valence-electron chi connectivity index (χ0n) is 34.3. The summed E-state index contributed by atoms with van der Waals surface area (Å²) < 4.78 is 6.18. The first-order chi connectivity index (χ1) is 28.9. The van der Waals surface area contributed by atoms with Crippen LogP contribution in [-0.2, 0) is 6.61 Å². The third-order valence-corrected chi connectivity index (χ3v) is 11.4. The molecule has 0 radical (unpaired) electrons. The van der Waals surface area contributed by atoms with Crippen LogP contribution in [0.3, 0.4) is 0 Å². The fourth-order valence-corrected chi connectivity index (χ4v) is 7.92. The molecule has 1 aliphatic heterocycles. The highest BCUT2D eigenvalue weighted by Gasteiger charge is 2.19. The molecule has 0 N–H and O–H groups in total. The highest BCUT2D eigenvalue weighted by Crippen LogP contribution is 2.41. The van der Waals surface area contributed by atoms with E-state index in [0.717, 1.165) is 33.8 Å². The maximum absolute atomic E-state index is 6.18. The normalized spacial score (nSPS) is 12.1. The second kappa shape index (κ2) is 17.5. The van der Waals surface area contributed by atoms with Gasteiger partial charge in [0.2, 0.25) is 0 Å². The molecule has 0 saturated heterocycles. The van der Waals surface area contributed by atoms with Crippen molar-refractivity contribution in [1.29, 1.82) is 0 Å². The Bertz CT molecular complexity index is 2790. The van der Waals surface area contributed by atoms with Crippen molar-refractivity contribution < 1.29 is 4.74 Å². The average Bonchev–Trinajstić information content (AvgIpc) is 3.29. The van der Waals surface area contributed by atoms with Gasteiger partial charge in [0.25, 0.3) is 0 Å². The van der Waals surface area contributed by atoms with Gasteiger partial charge in [0.1, 0.15) is 12.4 Å². The minimum absolute atomic E-state index is 0.593. The number of benzene rings is 8.